The van der Waals surface area contributed by atoms with Crippen molar-refractivity contribution >= 4 is 27.5 Å². The summed E-state index contributed by atoms with van der Waals surface area (Å²) in [6.07, 6.45) is 4.37. The van der Waals surface area contributed by atoms with Gasteiger partial charge >= 0.3 is 0 Å². The number of thiophene rings is 1. The number of halogens is 1. The summed E-state index contributed by atoms with van der Waals surface area (Å²) in [6.45, 7) is 1.57. The molecular weight excluding hydrogens is 325 g/mol. The Morgan fingerprint density at radius 3 is 2.92 bits per heavy atom. The summed E-state index contributed by atoms with van der Waals surface area (Å²) in [5.74, 6) is 0.497. The molecular formula is C18H18FN3OS. The van der Waals surface area contributed by atoms with E-state index in [1.807, 2.05) is 24.4 Å². The maximum Gasteiger partial charge on any atom is 0.224 e. The Hall–Kier alpha value is -2.05. The van der Waals surface area contributed by atoms with Gasteiger partial charge in [-0.15, -0.1) is 11.3 Å². The first kappa shape index (κ1) is 15.5. The molecule has 0 amide bonds. The standard InChI is InChI=1S/C18H18FN3OS/c19-16-4-2-1-3-12(16)9-15-10-13-11-20-18(22-17(13)24-15)21-14-5-7-23-8-6-14/h1-4,10-11,14H,5-9H2,(H,20,21,22). The molecule has 0 aliphatic carbocycles. The van der Waals surface area contributed by atoms with E-state index >= 15 is 0 Å². The van der Waals surface area contributed by atoms with Gasteiger partial charge in [0.05, 0.1) is 0 Å². The van der Waals surface area contributed by atoms with Crippen molar-refractivity contribution in [2.75, 3.05) is 18.5 Å². The monoisotopic (exact) mass is 343 g/mol. The Balaban J connectivity index is 1.53. The fraction of sp³-hybridized carbons (Fsp3) is 0.333. The Labute approximate surface area is 143 Å². The second kappa shape index (κ2) is 6.83. The van der Waals surface area contributed by atoms with E-state index < -0.39 is 0 Å². The summed E-state index contributed by atoms with van der Waals surface area (Å²) in [6, 6.07) is 9.31. The molecule has 3 heterocycles. The molecule has 0 unspecified atom stereocenters. The molecule has 1 aromatic carbocycles. The minimum atomic E-state index is -0.164. The number of hydrogen-bond donors (Lipinski definition) is 1. The van der Waals surface area contributed by atoms with Gasteiger partial charge in [0.25, 0.3) is 0 Å². The molecule has 6 heteroatoms. The highest BCUT2D eigenvalue weighted by Crippen LogP contribution is 2.27. The van der Waals surface area contributed by atoms with Crippen LogP contribution >= 0.6 is 11.3 Å². The van der Waals surface area contributed by atoms with E-state index in [0.29, 0.717) is 24.0 Å². The molecule has 3 aromatic rings. The van der Waals surface area contributed by atoms with Crippen LogP contribution < -0.4 is 5.32 Å². The molecule has 4 nitrogen and oxygen atoms in total. The van der Waals surface area contributed by atoms with Gasteiger partial charge in [-0.1, -0.05) is 18.2 Å². The van der Waals surface area contributed by atoms with Gasteiger partial charge in [-0.2, -0.15) is 0 Å². The number of rotatable bonds is 4. The predicted octanol–water partition coefficient (Wildman–Crippen LogP) is 4.01. The molecule has 2 aromatic heterocycles. The molecule has 0 atom stereocenters. The normalized spacial score (nSPS) is 15.7. The third kappa shape index (κ3) is 3.39. The number of anilines is 1. The quantitative estimate of drug-likeness (QED) is 0.777. The molecule has 24 heavy (non-hydrogen) atoms. The van der Waals surface area contributed by atoms with Gasteiger partial charge in [0.1, 0.15) is 10.6 Å². The number of fused-ring (bicyclic) bond motifs is 1. The van der Waals surface area contributed by atoms with Gasteiger partial charge < -0.3 is 10.1 Å². The summed E-state index contributed by atoms with van der Waals surface area (Å²) in [5.41, 5.74) is 0.706. The van der Waals surface area contributed by atoms with Crippen LogP contribution in [0.4, 0.5) is 10.3 Å². The molecule has 0 bridgehead atoms. The van der Waals surface area contributed by atoms with Gasteiger partial charge in [0, 0.05) is 42.1 Å². The Morgan fingerprint density at radius 2 is 2.08 bits per heavy atom. The number of hydrogen-bond acceptors (Lipinski definition) is 5. The lowest BCUT2D eigenvalue weighted by Gasteiger charge is -2.22. The number of ether oxygens (including phenoxy) is 1. The first-order chi connectivity index (χ1) is 11.8. The molecule has 0 saturated carbocycles. The number of benzene rings is 1. The minimum Gasteiger partial charge on any atom is -0.381 e. The lowest BCUT2D eigenvalue weighted by atomic mass is 10.1. The van der Waals surface area contributed by atoms with Crippen molar-refractivity contribution in [3.63, 3.8) is 0 Å². The highest BCUT2D eigenvalue weighted by atomic mass is 32.1. The van der Waals surface area contributed by atoms with E-state index in [9.17, 15) is 4.39 Å². The molecule has 4 rings (SSSR count). The van der Waals surface area contributed by atoms with Crippen LogP contribution in [0.15, 0.2) is 36.5 Å². The first-order valence-electron chi connectivity index (χ1n) is 8.11. The van der Waals surface area contributed by atoms with Gasteiger partial charge in [0.15, 0.2) is 0 Å². The van der Waals surface area contributed by atoms with Crippen LogP contribution in [0.3, 0.4) is 0 Å². The van der Waals surface area contributed by atoms with Crippen molar-refractivity contribution < 1.29 is 9.13 Å². The van der Waals surface area contributed by atoms with E-state index in [2.05, 4.69) is 15.3 Å². The van der Waals surface area contributed by atoms with E-state index in [0.717, 1.165) is 41.1 Å². The van der Waals surface area contributed by atoms with Crippen LogP contribution in [0.2, 0.25) is 0 Å². The largest absolute Gasteiger partial charge is 0.381 e. The molecule has 1 aliphatic heterocycles. The summed E-state index contributed by atoms with van der Waals surface area (Å²) < 4.78 is 19.2. The molecule has 124 valence electrons. The zero-order chi connectivity index (χ0) is 16.4. The SMILES string of the molecule is Fc1ccccc1Cc1cc2cnc(NC3CCOCC3)nc2s1. The Morgan fingerprint density at radius 1 is 1.25 bits per heavy atom. The highest BCUT2D eigenvalue weighted by Gasteiger charge is 2.15. The maximum absolute atomic E-state index is 13.8. The summed E-state index contributed by atoms with van der Waals surface area (Å²) in [5, 5.41) is 4.39. The number of nitrogens with one attached hydrogen (secondary N) is 1. The van der Waals surface area contributed by atoms with Crippen molar-refractivity contribution in [2.24, 2.45) is 0 Å². The Kier molecular flexibility index (Phi) is 4.40. The average molecular weight is 343 g/mol. The minimum absolute atomic E-state index is 0.164. The zero-order valence-electron chi connectivity index (χ0n) is 13.2. The summed E-state index contributed by atoms with van der Waals surface area (Å²) >= 11 is 1.59. The molecule has 1 saturated heterocycles. The van der Waals surface area contributed by atoms with E-state index in [4.69, 9.17) is 4.74 Å². The van der Waals surface area contributed by atoms with Crippen LogP contribution in [0, 0.1) is 5.82 Å². The molecule has 0 radical (unpaired) electrons. The van der Waals surface area contributed by atoms with Crippen LogP contribution in [-0.4, -0.2) is 29.2 Å². The first-order valence-corrected chi connectivity index (χ1v) is 8.93. The van der Waals surface area contributed by atoms with E-state index in [-0.39, 0.29) is 5.82 Å². The van der Waals surface area contributed by atoms with Crippen LogP contribution in [0.1, 0.15) is 23.3 Å². The maximum atomic E-state index is 13.8. The molecule has 1 aliphatic rings. The fourth-order valence-corrected chi connectivity index (χ4v) is 3.92. The second-order valence-corrected chi connectivity index (χ2v) is 7.08. The zero-order valence-corrected chi connectivity index (χ0v) is 14.0. The molecule has 1 fully saturated rings. The fourth-order valence-electron chi connectivity index (χ4n) is 2.89. The lowest BCUT2D eigenvalue weighted by Crippen LogP contribution is -2.28. The van der Waals surface area contributed by atoms with E-state index in [1.54, 1.807) is 17.4 Å². The van der Waals surface area contributed by atoms with Crippen molar-refractivity contribution in [2.45, 2.75) is 25.3 Å². The number of nitrogens with zero attached hydrogens (tertiary/aromatic N) is 2. The molecule has 1 N–H and O–H groups in total. The third-order valence-corrected chi connectivity index (χ3v) is 5.25. The van der Waals surface area contributed by atoms with E-state index in [1.165, 1.54) is 6.07 Å². The van der Waals surface area contributed by atoms with Crippen molar-refractivity contribution in [1.82, 2.24) is 9.97 Å². The van der Waals surface area contributed by atoms with Crippen molar-refractivity contribution in [3.8, 4) is 0 Å². The van der Waals surface area contributed by atoms with Gasteiger partial charge in [-0.3, -0.25) is 0 Å². The smallest absolute Gasteiger partial charge is 0.224 e. The van der Waals surface area contributed by atoms with Gasteiger partial charge in [0.2, 0.25) is 5.95 Å². The molecule has 0 spiro atoms. The Bertz CT molecular complexity index is 845. The number of aromatic nitrogens is 2. The third-order valence-electron chi connectivity index (χ3n) is 4.20. The van der Waals surface area contributed by atoms with Gasteiger partial charge in [-0.25, -0.2) is 14.4 Å². The predicted molar refractivity (Wildman–Crippen MR) is 94.1 cm³/mol. The van der Waals surface area contributed by atoms with Crippen LogP contribution in [-0.2, 0) is 11.2 Å². The van der Waals surface area contributed by atoms with Gasteiger partial charge in [-0.05, 0) is 30.5 Å². The second-order valence-electron chi connectivity index (χ2n) is 5.97. The van der Waals surface area contributed by atoms with Crippen molar-refractivity contribution in [3.05, 3.63) is 52.8 Å². The summed E-state index contributed by atoms with van der Waals surface area (Å²) in [4.78, 5) is 11.1. The lowest BCUT2D eigenvalue weighted by molar-refractivity contribution is 0.0903. The van der Waals surface area contributed by atoms with Crippen LogP contribution in [0.5, 0.6) is 0 Å². The van der Waals surface area contributed by atoms with Crippen LogP contribution in [0.25, 0.3) is 10.2 Å². The average Bonchev–Trinajstić information content (AvgIpc) is 2.99. The van der Waals surface area contributed by atoms with Crippen molar-refractivity contribution in [1.29, 1.82) is 0 Å². The summed E-state index contributed by atoms with van der Waals surface area (Å²) in [7, 11) is 0. The highest BCUT2D eigenvalue weighted by molar-refractivity contribution is 7.18. The topological polar surface area (TPSA) is 47.0 Å².